The summed E-state index contributed by atoms with van der Waals surface area (Å²) in [5.74, 6) is -0.0675. The lowest BCUT2D eigenvalue weighted by atomic mass is 10.1. The summed E-state index contributed by atoms with van der Waals surface area (Å²) in [7, 11) is 0. The van der Waals surface area contributed by atoms with Gasteiger partial charge in [-0.05, 0) is 37.6 Å². The molecular formula is C15H16N2O4. The molecule has 0 fully saturated rings. The lowest BCUT2D eigenvalue weighted by Gasteiger charge is -2.16. The molecule has 6 heteroatoms. The molecule has 0 spiro atoms. The first-order valence-electron chi connectivity index (χ1n) is 6.41. The Hall–Kier alpha value is -2.76. The Morgan fingerprint density at radius 2 is 1.76 bits per heavy atom. The number of hydrogen-bond donors (Lipinski definition) is 3. The Balaban J connectivity index is 2.25. The van der Waals surface area contributed by atoms with Crippen molar-refractivity contribution in [3.05, 3.63) is 57.6 Å². The highest BCUT2D eigenvalue weighted by molar-refractivity contribution is 5.56. The van der Waals surface area contributed by atoms with E-state index in [2.05, 4.69) is 5.32 Å². The van der Waals surface area contributed by atoms with Crippen molar-refractivity contribution < 1.29 is 15.1 Å². The van der Waals surface area contributed by atoms with Crippen molar-refractivity contribution in [2.24, 2.45) is 0 Å². The van der Waals surface area contributed by atoms with E-state index in [9.17, 15) is 20.3 Å². The van der Waals surface area contributed by atoms with Crippen molar-refractivity contribution in [3.8, 4) is 11.5 Å². The lowest BCUT2D eigenvalue weighted by molar-refractivity contribution is -0.385. The molecule has 1 unspecified atom stereocenters. The zero-order valence-electron chi connectivity index (χ0n) is 11.7. The summed E-state index contributed by atoms with van der Waals surface area (Å²) < 4.78 is 0. The number of benzene rings is 2. The predicted octanol–water partition coefficient (Wildman–Crippen LogP) is 3.49. The molecule has 0 aromatic heterocycles. The number of nitrogens with one attached hydrogen (secondary N) is 1. The molecule has 2 aromatic rings. The number of anilines is 1. The Kier molecular flexibility index (Phi) is 3.98. The van der Waals surface area contributed by atoms with E-state index in [1.807, 2.05) is 6.92 Å². The molecule has 0 radical (unpaired) electrons. The third-order valence-electron chi connectivity index (χ3n) is 3.21. The van der Waals surface area contributed by atoms with Gasteiger partial charge in [0, 0.05) is 29.4 Å². The second kappa shape index (κ2) is 5.70. The van der Waals surface area contributed by atoms with E-state index in [0.29, 0.717) is 16.8 Å². The SMILES string of the molecule is Cc1ccc(NC(C)c2cc(O)cc(O)c2)cc1[N+](=O)[O-]. The van der Waals surface area contributed by atoms with Gasteiger partial charge in [-0.1, -0.05) is 6.07 Å². The number of aromatic hydroxyl groups is 2. The van der Waals surface area contributed by atoms with E-state index in [-0.39, 0.29) is 23.2 Å². The maximum absolute atomic E-state index is 10.9. The summed E-state index contributed by atoms with van der Waals surface area (Å²) >= 11 is 0. The second-order valence-corrected chi connectivity index (χ2v) is 4.91. The number of aryl methyl sites for hydroxylation is 1. The molecule has 0 bridgehead atoms. The van der Waals surface area contributed by atoms with Crippen molar-refractivity contribution in [2.45, 2.75) is 19.9 Å². The monoisotopic (exact) mass is 288 g/mol. The van der Waals surface area contributed by atoms with Crippen LogP contribution in [-0.2, 0) is 0 Å². The van der Waals surface area contributed by atoms with Crippen molar-refractivity contribution in [1.29, 1.82) is 0 Å². The molecule has 0 aliphatic carbocycles. The molecule has 110 valence electrons. The molecule has 0 amide bonds. The highest BCUT2D eigenvalue weighted by Gasteiger charge is 2.13. The molecule has 0 aliphatic heterocycles. The maximum Gasteiger partial charge on any atom is 0.274 e. The van der Waals surface area contributed by atoms with E-state index in [1.165, 1.54) is 24.3 Å². The van der Waals surface area contributed by atoms with Crippen LogP contribution in [0.1, 0.15) is 24.1 Å². The first kappa shape index (κ1) is 14.6. The third kappa shape index (κ3) is 3.42. The molecule has 6 nitrogen and oxygen atoms in total. The molecule has 0 aliphatic rings. The van der Waals surface area contributed by atoms with Crippen LogP contribution in [-0.4, -0.2) is 15.1 Å². The van der Waals surface area contributed by atoms with Gasteiger partial charge < -0.3 is 15.5 Å². The van der Waals surface area contributed by atoms with Gasteiger partial charge in [0.2, 0.25) is 0 Å². The number of nitrogens with zero attached hydrogens (tertiary/aromatic N) is 1. The standard InChI is InChI=1S/C15H16N2O4/c1-9-3-4-12(7-15(9)17(20)21)16-10(2)11-5-13(18)8-14(19)6-11/h3-8,10,16,18-19H,1-2H3. The molecule has 3 N–H and O–H groups in total. The molecular weight excluding hydrogens is 272 g/mol. The van der Waals surface area contributed by atoms with E-state index < -0.39 is 4.92 Å². The Labute approximate surface area is 121 Å². The summed E-state index contributed by atoms with van der Waals surface area (Å²) in [5.41, 5.74) is 1.91. The van der Waals surface area contributed by atoms with Gasteiger partial charge in [0.25, 0.3) is 5.69 Å². The molecule has 2 aromatic carbocycles. The van der Waals surface area contributed by atoms with Gasteiger partial charge in [-0.25, -0.2) is 0 Å². The average Bonchev–Trinajstić information content (AvgIpc) is 2.39. The van der Waals surface area contributed by atoms with Gasteiger partial charge >= 0.3 is 0 Å². The van der Waals surface area contributed by atoms with Crippen LogP contribution in [0.25, 0.3) is 0 Å². The fourth-order valence-electron chi connectivity index (χ4n) is 2.10. The lowest BCUT2D eigenvalue weighted by Crippen LogP contribution is -2.07. The van der Waals surface area contributed by atoms with Gasteiger partial charge in [0.15, 0.2) is 0 Å². The largest absolute Gasteiger partial charge is 0.508 e. The molecule has 21 heavy (non-hydrogen) atoms. The van der Waals surface area contributed by atoms with Crippen molar-refractivity contribution in [1.82, 2.24) is 0 Å². The van der Waals surface area contributed by atoms with Gasteiger partial charge in [-0.2, -0.15) is 0 Å². The molecule has 0 saturated carbocycles. The minimum atomic E-state index is -0.425. The second-order valence-electron chi connectivity index (χ2n) is 4.91. The predicted molar refractivity (Wildman–Crippen MR) is 79.6 cm³/mol. The van der Waals surface area contributed by atoms with Crippen molar-refractivity contribution in [3.63, 3.8) is 0 Å². The number of nitro groups is 1. The van der Waals surface area contributed by atoms with Crippen LogP contribution < -0.4 is 5.32 Å². The minimum Gasteiger partial charge on any atom is -0.508 e. The first-order chi connectivity index (χ1) is 9.86. The smallest absolute Gasteiger partial charge is 0.274 e. The Morgan fingerprint density at radius 3 is 2.33 bits per heavy atom. The number of nitro benzene ring substituents is 1. The molecule has 2 rings (SSSR count). The normalized spacial score (nSPS) is 11.9. The van der Waals surface area contributed by atoms with Crippen LogP contribution in [0.3, 0.4) is 0 Å². The van der Waals surface area contributed by atoms with E-state index in [1.54, 1.807) is 19.1 Å². The average molecular weight is 288 g/mol. The van der Waals surface area contributed by atoms with Crippen LogP contribution in [0.4, 0.5) is 11.4 Å². The summed E-state index contributed by atoms with van der Waals surface area (Å²) in [6.45, 7) is 3.51. The quantitative estimate of drug-likeness (QED) is 0.591. The van der Waals surface area contributed by atoms with Crippen molar-refractivity contribution in [2.75, 3.05) is 5.32 Å². The Morgan fingerprint density at radius 1 is 1.14 bits per heavy atom. The number of hydrogen-bond acceptors (Lipinski definition) is 5. The van der Waals surface area contributed by atoms with Crippen LogP contribution in [0.2, 0.25) is 0 Å². The fourth-order valence-corrected chi connectivity index (χ4v) is 2.10. The van der Waals surface area contributed by atoms with Crippen LogP contribution >= 0.6 is 0 Å². The molecule has 1 atom stereocenters. The zero-order chi connectivity index (χ0) is 15.6. The van der Waals surface area contributed by atoms with Crippen LogP contribution in [0.15, 0.2) is 36.4 Å². The first-order valence-corrected chi connectivity index (χ1v) is 6.41. The van der Waals surface area contributed by atoms with E-state index >= 15 is 0 Å². The highest BCUT2D eigenvalue weighted by atomic mass is 16.6. The topological polar surface area (TPSA) is 95.6 Å². The molecule has 0 heterocycles. The molecule has 0 saturated heterocycles. The van der Waals surface area contributed by atoms with Gasteiger partial charge in [-0.3, -0.25) is 10.1 Å². The Bertz CT molecular complexity index is 665. The van der Waals surface area contributed by atoms with Crippen LogP contribution in [0.5, 0.6) is 11.5 Å². The number of phenols is 2. The van der Waals surface area contributed by atoms with Crippen LogP contribution in [0, 0.1) is 17.0 Å². The minimum absolute atomic E-state index is 0.0338. The van der Waals surface area contributed by atoms with Gasteiger partial charge in [-0.15, -0.1) is 0 Å². The summed E-state index contributed by atoms with van der Waals surface area (Å²) in [4.78, 5) is 10.5. The number of phenolic OH excluding ortho intramolecular Hbond substituents is 2. The summed E-state index contributed by atoms with van der Waals surface area (Å²) in [6.07, 6.45) is 0. The summed E-state index contributed by atoms with van der Waals surface area (Å²) in [6, 6.07) is 8.96. The van der Waals surface area contributed by atoms with Gasteiger partial charge in [0.05, 0.1) is 4.92 Å². The number of rotatable bonds is 4. The maximum atomic E-state index is 10.9. The van der Waals surface area contributed by atoms with E-state index in [4.69, 9.17) is 0 Å². The van der Waals surface area contributed by atoms with Crippen molar-refractivity contribution >= 4 is 11.4 Å². The van der Waals surface area contributed by atoms with Gasteiger partial charge in [0.1, 0.15) is 11.5 Å². The third-order valence-corrected chi connectivity index (χ3v) is 3.21. The summed E-state index contributed by atoms with van der Waals surface area (Å²) in [5, 5.41) is 33.0. The highest BCUT2D eigenvalue weighted by Crippen LogP contribution is 2.29. The fraction of sp³-hybridized carbons (Fsp3) is 0.200. The zero-order valence-corrected chi connectivity index (χ0v) is 11.7. The van der Waals surface area contributed by atoms with E-state index in [0.717, 1.165) is 0 Å².